The lowest BCUT2D eigenvalue weighted by Crippen LogP contribution is -2.25. The molecule has 0 aliphatic carbocycles. The van der Waals surface area contributed by atoms with E-state index in [1.54, 1.807) is 13.8 Å². The van der Waals surface area contributed by atoms with Crippen LogP contribution in [0.4, 0.5) is 4.39 Å². The normalized spacial score (nSPS) is 11.2. The van der Waals surface area contributed by atoms with Crippen LogP contribution in [0.25, 0.3) is 0 Å². The Bertz CT molecular complexity index is 621. The van der Waals surface area contributed by atoms with Crippen molar-refractivity contribution in [3.05, 3.63) is 65.5 Å². The van der Waals surface area contributed by atoms with Gasteiger partial charge >= 0.3 is 5.97 Å². The number of hydrogen-bond donors (Lipinski definition) is 1. The van der Waals surface area contributed by atoms with Gasteiger partial charge in [0, 0.05) is 0 Å². The molecule has 4 heteroatoms. The maximum absolute atomic E-state index is 13.8. The molecule has 0 atom stereocenters. The smallest absolute Gasteiger partial charge is 0.335 e. The lowest BCUT2D eigenvalue weighted by molar-refractivity contribution is 0.0692. The second kappa shape index (κ2) is 5.33. The highest BCUT2D eigenvalue weighted by molar-refractivity contribution is 5.88. The van der Waals surface area contributed by atoms with Gasteiger partial charge in [0.15, 0.2) is 11.6 Å². The Morgan fingerprint density at radius 2 is 1.80 bits per heavy atom. The summed E-state index contributed by atoms with van der Waals surface area (Å²) in [5.74, 6) is -1.77. The van der Waals surface area contributed by atoms with Crippen LogP contribution in [0.3, 0.4) is 0 Å². The van der Waals surface area contributed by atoms with Crippen molar-refractivity contribution >= 4 is 5.97 Å². The molecular formula is C16H15FO3. The molecule has 0 amide bonds. The minimum Gasteiger partial charge on any atom is -0.480 e. The number of carboxylic acids is 1. The summed E-state index contributed by atoms with van der Waals surface area (Å²) in [6, 6.07) is 12.9. The van der Waals surface area contributed by atoms with E-state index in [1.165, 1.54) is 12.1 Å². The van der Waals surface area contributed by atoms with Crippen molar-refractivity contribution < 1.29 is 19.0 Å². The van der Waals surface area contributed by atoms with E-state index in [9.17, 15) is 9.18 Å². The topological polar surface area (TPSA) is 46.5 Å². The zero-order chi connectivity index (χ0) is 14.8. The number of aromatic carboxylic acids is 1. The second-order valence-corrected chi connectivity index (χ2v) is 4.93. The summed E-state index contributed by atoms with van der Waals surface area (Å²) in [5, 5.41) is 8.94. The quantitative estimate of drug-likeness (QED) is 0.921. The van der Waals surface area contributed by atoms with Crippen molar-refractivity contribution in [2.24, 2.45) is 0 Å². The summed E-state index contributed by atoms with van der Waals surface area (Å²) < 4.78 is 19.4. The highest BCUT2D eigenvalue weighted by Crippen LogP contribution is 2.30. The van der Waals surface area contributed by atoms with Crippen LogP contribution in [0.5, 0.6) is 5.75 Å². The third kappa shape index (κ3) is 2.96. The van der Waals surface area contributed by atoms with Crippen LogP contribution in [-0.4, -0.2) is 11.1 Å². The summed E-state index contributed by atoms with van der Waals surface area (Å²) in [6.07, 6.45) is 0. The number of hydrogen-bond acceptors (Lipinski definition) is 2. The van der Waals surface area contributed by atoms with Crippen molar-refractivity contribution in [1.82, 2.24) is 0 Å². The minimum atomic E-state index is -1.12. The number of ether oxygens (including phenoxy) is 1. The molecule has 1 N–H and O–H groups in total. The summed E-state index contributed by atoms with van der Waals surface area (Å²) in [6.45, 7) is 3.60. The monoisotopic (exact) mass is 274 g/mol. The Balaban J connectivity index is 2.34. The van der Waals surface area contributed by atoms with Gasteiger partial charge in [-0.25, -0.2) is 9.18 Å². The van der Waals surface area contributed by atoms with E-state index in [2.05, 4.69) is 0 Å². The molecule has 2 aromatic rings. The number of halogens is 1. The molecule has 0 heterocycles. The molecule has 0 aliphatic rings. The van der Waals surface area contributed by atoms with Gasteiger partial charge in [0.05, 0.1) is 5.56 Å². The summed E-state index contributed by atoms with van der Waals surface area (Å²) in [5.41, 5.74) is 0.101. The lowest BCUT2D eigenvalue weighted by atomic mass is 9.98. The van der Waals surface area contributed by atoms with Crippen LogP contribution in [0.1, 0.15) is 29.8 Å². The molecule has 0 saturated carbocycles. The molecule has 0 fully saturated rings. The molecule has 0 saturated heterocycles. The maximum Gasteiger partial charge on any atom is 0.335 e. The molecule has 2 aromatic carbocycles. The summed E-state index contributed by atoms with van der Waals surface area (Å²) >= 11 is 0. The van der Waals surface area contributed by atoms with Gasteiger partial charge in [0.2, 0.25) is 0 Å². The first-order valence-corrected chi connectivity index (χ1v) is 6.17. The number of carboxylic acid groups (broad SMARTS) is 1. The molecular weight excluding hydrogens is 259 g/mol. The van der Waals surface area contributed by atoms with Crippen LogP contribution < -0.4 is 4.74 Å². The van der Waals surface area contributed by atoms with E-state index in [0.717, 1.165) is 11.6 Å². The largest absolute Gasteiger partial charge is 0.480 e. The second-order valence-electron chi connectivity index (χ2n) is 4.93. The van der Waals surface area contributed by atoms with Gasteiger partial charge in [0.1, 0.15) is 5.60 Å². The fourth-order valence-corrected chi connectivity index (χ4v) is 1.89. The molecule has 3 nitrogen and oxygen atoms in total. The number of carbonyl (C=O) groups is 1. The first-order valence-electron chi connectivity index (χ1n) is 6.17. The molecule has 2 rings (SSSR count). The van der Waals surface area contributed by atoms with Crippen molar-refractivity contribution in [3.63, 3.8) is 0 Å². The van der Waals surface area contributed by atoms with Crippen LogP contribution in [-0.2, 0) is 5.60 Å². The van der Waals surface area contributed by atoms with Crippen LogP contribution in [0.15, 0.2) is 48.5 Å². The van der Waals surface area contributed by atoms with E-state index in [1.807, 2.05) is 30.3 Å². The van der Waals surface area contributed by atoms with E-state index in [4.69, 9.17) is 9.84 Å². The zero-order valence-corrected chi connectivity index (χ0v) is 11.3. The third-order valence-corrected chi connectivity index (χ3v) is 3.01. The third-order valence-electron chi connectivity index (χ3n) is 3.01. The average molecular weight is 274 g/mol. The Kier molecular flexibility index (Phi) is 3.74. The highest BCUT2D eigenvalue weighted by atomic mass is 19.1. The van der Waals surface area contributed by atoms with Crippen molar-refractivity contribution in [3.8, 4) is 5.75 Å². The van der Waals surface area contributed by atoms with E-state index < -0.39 is 17.4 Å². The van der Waals surface area contributed by atoms with Gasteiger partial charge in [-0.15, -0.1) is 0 Å². The molecule has 0 bridgehead atoms. The van der Waals surface area contributed by atoms with Gasteiger partial charge in [-0.05, 0) is 37.6 Å². The average Bonchev–Trinajstić information content (AvgIpc) is 2.42. The molecule has 0 radical (unpaired) electrons. The first kappa shape index (κ1) is 14.1. The predicted molar refractivity (Wildman–Crippen MR) is 73.5 cm³/mol. The van der Waals surface area contributed by atoms with Crippen LogP contribution >= 0.6 is 0 Å². The zero-order valence-electron chi connectivity index (χ0n) is 11.3. The standard InChI is InChI=1S/C16H15FO3/c1-16(2,12-6-4-3-5-7-12)20-14-10-11(15(18)19)8-9-13(14)17/h3-10H,1-2H3,(H,18,19). The van der Waals surface area contributed by atoms with Gasteiger partial charge in [-0.1, -0.05) is 30.3 Å². The predicted octanol–water partition coefficient (Wildman–Crippen LogP) is 3.84. The fraction of sp³-hybridized carbons (Fsp3) is 0.188. The lowest BCUT2D eigenvalue weighted by Gasteiger charge is -2.27. The van der Waals surface area contributed by atoms with Gasteiger partial charge in [-0.3, -0.25) is 0 Å². The molecule has 20 heavy (non-hydrogen) atoms. The first-order chi connectivity index (χ1) is 9.40. The van der Waals surface area contributed by atoms with E-state index >= 15 is 0 Å². The summed E-state index contributed by atoms with van der Waals surface area (Å²) in [7, 11) is 0. The molecule has 0 unspecified atom stereocenters. The van der Waals surface area contributed by atoms with Crippen LogP contribution in [0, 0.1) is 5.82 Å². The number of benzene rings is 2. The molecule has 0 aromatic heterocycles. The van der Waals surface area contributed by atoms with Crippen molar-refractivity contribution in [2.45, 2.75) is 19.4 Å². The van der Waals surface area contributed by atoms with Crippen molar-refractivity contribution in [1.29, 1.82) is 0 Å². The van der Waals surface area contributed by atoms with Gasteiger partial charge < -0.3 is 9.84 Å². The molecule has 104 valence electrons. The maximum atomic E-state index is 13.8. The molecule has 0 spiro atoms. The van der Waals surface area contributed by atoms with Crippen LogP contribution in [0.2, 0.25) is 0 Å². The Hall–Kier alpha value is -2.36. The molecule has 0 aliphatic heterocycles. The Morgan fingerprint density at radius 3 is 2.40 bits per heavy atom. The highest BCUT2D eigenvalue weighted by Gasteiger charge is 2.24. The van der Waals surface area contributed by atoms with Crippen molar-refractivity contribution in [2.75, 3.05) is 0 Å². The summed E-state index contributed by atoms with van der Waals surface area (Å²) in [4.78, 5) is 10.9. The Morgan fingerprint density at radius 1 is 1.15 bits per heavy atom. The fourth-order valence-electron chi connectivity index (χ4n) is 1.89. The minimum absolute atomic E-state index is 0.00902. The Labute approximate surface area is 116 Å². The van der Waals surface area contributed by atoms with Gasteiger partial charge in [0.25, 0.3) is 0 Å². The van der Waals surface area contributed by atoms with E-state index in [-0.39, 0.29) is 11.3 Å². The van der Waals surface area contributed by atoms with E-state index in [0.29, 0.717) is 0 Å². The number of rotatable bonds is 4. The van der Waals surface area contributed by atoms with Gasteiger partial charge in [-0.2, -0.15) is 0 Å². The SMILES string of the molecule is CC(C)(Oc1cc(C(=O)O)ccc1F)c1ccccc1.